The van der Waals surface area contributed by atoms with Crippen LogP contribution >= 0.6 is 0 Å². The van der Waals surface area contributed by atoms with Crippen molar-refractivity contribution in [2.75, 3.05) is 13.2 Å². The van der Waals surface area contributed by atoms with Crippen molar-refractivity contribution in [1.29, 1.82) is 0 Å². The largest absolute Gasteiger partial charge is 0.463 e. The summed E-state index contributed by atoms with van der Waals surface area (Å²) in [5, 5.41) is 5.53. The molecule has 9 heteroatoms. The third-order valence-electron chi connectivity index (χ3n) is 4.97. The van der Waals surface area contributed by atoms with Crippen molar-refractivity contribution in [3.63, 3.8) is 0 Å². The van der Waals surface area contributed by atoms with Crippen LogP contribution < -0.4 is 16.1 Å². The van der Waals surface area contributed by atoms with Crippen LogP contribution in [0, 0.1) is 0 Å². The smallest absolute Gasteiger partial charge is 0.374 e. The van der Waals surface area contributed by atoms with E-state index in [1.807, 2.05) is 0 Å². The standard InChI is InChI=1S/C24H20N2O7/c1-2-31-23(29)20-16(25-24(30)26-21(20)14-8-4-3-5-9-14)13-32-22(28)19-12-17(27)15-10-6-7-11-18(15)33-19/h3-12,21H,2,13H2,1H3,(H2,25,26,30). The average molecular weight is 448 g/mol. The average Bonchev–Trinajstić information content (AvgIpc) is 2.82. The van der Waals surface area contributed by atoms with Gasteiger partial charge in [0.1, 0.15) is 12.2 Å². The molecule has 4 rings (SSSR count). The Hall–Kier alpha value is -4.40. The number of amides is 2. The molecule has 0 aliphatic carbocycles. The monoisotopic (exact) mass is 448 g/mol. The Labute approximate surface area is 188 Å². The highest BCUT2D eigenvalue weighted by atomic mass is 16.5. The second-order valence-corrected chi connectivity index (χ2v) is 7.10. The van der Waals surface area contributed by atoms with Crippen LogP contribution in [0.4, 0.5) is 4.79 Å². The van der Waals surface area contributed by atoms with Crippen LogP contribution in [-0.2, 0) is 14.3 Å². The van der Waals surface area contributed by atoms with Crippen LogP contribution in [0.5, 0.6) is 0 Å². The van der Waals surface area contributed by atoms with Gasteiger partial charge in [0, 0.05) is 6.07 Å². The highest BCUT2D eigenvalue weighted by Gasteiger charge is 2.34. The molecule has 0 saturated heterocycles. The molecule has 2 aromatic carbocycles. The Morgan fingerprint density at radius 1 is 0.970 bits per heavy atom. The molecule has 0 saturated carbocycles. The molecule has 1 unspecified atom stereocenters. The molecule has 0 radical (unpaired) electrons. The van der Waals surface area contributed by atoms with E-state index in [4.69, 9.17) is 13.9 Å². The van der Waals surface area contributed by atoms with E-state index >= 15 is 0 Å². The maximum atomic E-state index is 12.7. The molecule has 0 fully saturated rings. The lowest BCUT2D eigenvalue weighted by Gasteiger charge is -2.29. The Bertz CT molecular complexity index is 1310. The predicted molar refractivity (Wildman–Crippen MR) is 117 cm³/mol. The van der Waals surface area contributed by atoms with Gasteiger partial charge in [-0.25, -0.2) is 14.4 Å². The van der Waals surface area contributed by atoms with Crippen LogP contribution in [0.2, 0.25) is 0 Å². The third kappa shape index (κ3) is 4.62. The van der Waals surface area contributed by atoms with Crippen LogP contribution in [0.25, 0.3) is 11.0 Å². The van der Waals surface area contributed by atoms with Crippen molar-refractivity contribution in [2.45, 2.75) is 13.0 Å². The SMILES string of the molecule is CCOC(=O)C1=C(COC(=O)c2cc(=O)c3ccccc3o2)NC(=O)NC1c1ccccc1. The normalized spacial score (nSPS) is 15.5. The molecule has 1 aromatic heterocycles. The summed E-state index contributed by atoms with van der Waals surface area (Å²) in [6, 6.07) is 15.0. The molecule has 168 valence electrons. The van der Waals surface area contributed by atoms with E-state index in [-0.39, 0.29) is 29.2 Å². The summed E-state index contributed by atoms with van der Waals surface area (Å²) >= 11 is 0. The number of carbonyl (C=O) groups is 3. The molecule has 2 N–H and O–H groups in total. The molecule has 3 aromatic rings. The number of urea groups is 1. The number of hydrogen-bond donors (Lipinski definition) is 2. The molecule has 1 atom stereocenters. The number of nitrogens with one attached hydrogen (secondary N) is 2. The molecule has 2 heterocycles. The molecular weight excluding hydrogens is 428 g/mol. The predicted octanol–water partition coefficient (Wildman–Crippen LogP) is 2.82. The number of esters is 2. The minimum atomic E-state index is -0.919. The summed E-state index contributed by atoms with van der Waals surface area (Å²) in [5.74, 6) is -1.88. The van der Waals surface area contributed by atoms with Gasteiger partial charge in [0.05, 0.1) is 29.3 Å². The minimum absolute atomic E-state index is 0.0718. The van der Waals surface area contributed by atoms with Gasteiger partial charge in [-0.2, -0.15) is 0 Å². The highest BCUT2D eigenvalue weighted by molar-refractivity contribution is 5.95. The number of para-hydroxylation sites is 1. The van der Waals surface area contributed by atoms with Crippen LogP contribution in [0.3, 0.4) is 0 Å². The molecule has 0 bridgehead atoms. The van der Waals surface area contributed by atoms with Crippen molar-refractivity contribution in [3.05, 3.63) is 93.5 Å². The fourth-order valence-corrected chi connectivity index (χ4v) is 3.49. The second-order valence-electron chi connectivity index (χ2n) is 7.10. The Morgan fingerprint density at radius 2 is 1.70 bits per heavy atom. The molecule has 33 heavy (non-hydrogen) atoms. The molecule has 2 amide bonds. The first-order valence-electron chi connectivity index (χ1n) is 10.2. The second kappa shape index (κ2) is 9.39. The van der Waals surface area contributed by atoms with Gasteiger partial charge >= 0.3 is 18.0 Å². The van der Waals surface area contributed by atoms with E-state index in [0.717, 1.165) is 6.07 Å². The van der Waals surface area contributed by atoms with Crippen molar-refractivity contribution < 1.29 is 28.3 Å². The van der Waals surface area contributed by atoms with Crippen molar-refractivity contribution in [1.82, 2.24) is 10.6 Å². The lowest BCUT2D eigenvalue weighted by atomic mass is 9.95. The first kappa shape index (κ1) is 21.8. The van der Waals surface area contributed by atoms with Gasteiger partial charge in [0.15, 0.2) is 5.43 Å². The van der Waals surface area contributed by atoms with E-state index < -0.39 is 36.0 Å². The number of ether oxygens (including phenoxy) is 2. The number of carbonyl (C=O) groups excluding carboxylic acids is 3. The minimum Gasteiger partial charge on any atom is -0.463 e. The maximum absolute atomic E-state index is 12.7. The van der Waals surface area contributed by atoms with Gasteiger partial charge < -0.3 is 24.5 Å². The zero-order valence-electron chi connectivity index (χ0n) is 17.6. The lowest BCUT2D eigenvalue weighted by Crippen LogP contribution is -2.47. The molecule has 0 spiro atoms. The lowest BCUT2D eigenvalue weighted by molar-refractivity contribution is -0.139. The van der Waals surface area contributed by atoms with E-state index in [2.05, 4.69) is 10.6 Å². The fourth-order valence-electron chi connectivity index (χ4n) is 3.49. The topological polar surface area (TPSA) is 124 Å². The fraction of sp³-hybridized carbons (Fsp3) is 0.167. The van der Waals surface area contributed by atoms with E-state index in [1.54, 1.807) is 61.5 Å². The summed E-state index contributed by atoms with van der Waals surface area (Å²) in [5.41, 5.74) is 0.676. The van der Waals surface area contributed by atoms with Gasteiger partial charge in [0.2, 0.25) is 5.76 Å². The maximum Gasteiger partial charge on any atom is 0.374 e. The number of benzene rings is 2. The third-order valence-corrected chi connectivity index (χ3v) is 4.97. The zero-order chi connectivity index (χ0) is 23.4. The molecule has 1 aliphatic heterocycles. The first-order chi connectivity index (χ1) is 16.0. The molecular formula is C24H20N2O7. The number of rotatable bonds is 6. The van der Waals surface area contributed by atoms with Crippen molar-refractivity contribution >= 4 is 28.9 Å². The quantitative estimate of drug-likeness (QED) is 0.556. The number of hydrogen-bond acceptors (Lipinski definition) is 7. The van der Waals surface area contributed by atoms with Crippen LogP contribution in [0.1, 0.15) is 29.1 Å². The highest BCUT2D eigenvalue weighted by Crippen LogP contribution is 2.28. The first-order valence-corrected chi connectivity index (χ1v) is 10.2. The van der Waals surface area contributed by atoms with Crippen molar-refractivity contribution in [3.8, 4) is 0 Å². The van der Waals surface area contributed by atoms with Crippen molar-refractivity contribution in [2.24, 2.45) is 0 Å². The van der Waals surface area contributed by atoms with Gasteiger partial charge in [-0.15, -0.1) is 0 Å². The molecule has 1 aliphatic rings. The number of fused-ring (bicyclic) bond motifs is 1. The Balaban J connectivity index is 1.65. The van der Waals surface area contributed by atoms with E-state index in [0.29, 0.717) is 10.9 Å². The summed E-state index contributed by atoms with van der Waals surface area (Å²) in [4.78, 5) is 49.9. The zero-order valence-corrected chi connectivity index (χ0v) is 17.6. The van der Waals surface area contributed by atoms with Crippen LogP contribution in [0.15, 0.2) is 81.1 Å². The van der Waals surface area contributed by atoms with E-state index in [9.17, 15) is 19.2 Å². The van der Waals surface area contributed by atoms with Crippen LogP contribution in [-0.4, -0.2) is 31.2 Å². The molecule has 9 nitrogen and oxygen atoms in total. The van der Waals surface area contributed by atoms with Gasteiger partial charge in [-0.3, -0.25) is 4.79 Å². The summed E-state index contributed by atoms with van der Waals surface area (Å²) < 4.78 is 15.9. The summed E-state index contributed by atoms with van der Waals surface area (Å²) in [7, 11) is 0. The van der Waals surface area contributed by atoms with Gasteiger partial charge in [0.25, 0.3) is 0 Å². The summed E-state index contributed by atoms with van der Waals surface area (Å²) in [6.07, 6.45) is 0. The van der Waals surface area contributed by atoms with E-state index in [1.165, 1.54) is 0 Å². The van der Waals surface area contributed by atoms with Gasteiger partial charge in [-0.05, 0) is 24.6 Å². The summed E-state index contributed by atoms with van der Waals surface area (Å²) in [6.45, 7) is 1.33. The Morgan fingerprint density at radius 3 is 2.45 bits per heavy atom. The Kier molecular flexibility index (Phi) is 6.21. The van der Waals surface area contributed by atoms with Gasteiger partial charge in [-0.1, -0.05) is 42.5 Å².